The number of hydrogen-bond acceptors (Lipinski definition) is 2. The molecular formula is C16H12N2S2. The fraction of sp³-hybridized carbons (Fsp3) is 0.0625. The van der Waals surface area contributed by atoms with Crippen LogP contribution in [0.5, 0.6) is 0 Å². The SMILES string of the molecule is Cc1ccc2c(c1)[nH]c(=S)n2-c1ccc2sccc2c1. The summed E-state index contributed by atoms with van der Waals surface area (Å²) in [4.78, 5) is 3.29. The molecule has 0 aliphatic heterocycles. The Morgan fingerprint density at radius 1 is 1.10 bits per heavy atom. The quantitative estimate of drug-likeness (QED) is 0.478. The smallest absolute Gasteiger partial charge is 0.182 e. The van der Waals surface area contributed by atoms with Gasteiger partial charge in [0.2, 0.25) is 0 Å². The third-order valence-electron chi connectivity index (χ3n) is 3.53. The number of benzene rings is 2. The molecule has 0 saturated carbocycles. The summed E-state index contributed by atoms with van der Waals surface area (Å²) >= 11 is 7.25. The number of H-pyrrole nitrogens is 1. The largest absolute Gasteiger partial charge is 0.330 e. The summed E-state index contributed by atoms with van der Waals surface area (Å²) in [6.07, 6.45) is 0. The van der Waals surface area contributed by atoms with Crippen molar-refractivity contribution in [1.82, 2.24) is 9.55 Å². The van der Waals surface area contributed by atoms with Crippen LogP contribution in [0, 0.1) is 11.7 Å². The summed E-state index contributed by atoms with van der Waals surface area (Å²) in [6, 6.07) is 15.0. The van der Waals surface area contributed by atoms with E-state index in [1.807, 2.05) is 0 Å². The number of thiophene rings is 1. The van der Waals surface area contributed by atoms with Crippen LogP contribution in [0.2, 0.25) is 0 Å². The monoisotopic (exact) mass is 296 g/mol. The van der Waals surface area contributed by atoms with E-state index in [0.29, 0.717) is 0 Å². The summed E-state index contributed by atoms with van der Waals surface area (Å²) in [7, 11) is 0. The van der Waals surface area contributed by atoms with Gasteiger partial charge < -0.3 is 4.98 Å². The van der Waals surface area contributed by atoms with Crippen LogP contribution in [0.4, 0.5) is 0 Å². The first-order chi connectivity index (χ1) is 9.72. The zero-order valence-electron chi connectivity index (χ0n) is 10.9. The molecule has 4 rings (SSSR count). The van der Waals surface area contributed by atoms with Gasteiger partial charge in [-0.3, -0.25) is 4.57 Å². The molecule has 2 aromatic carbocycles. The highest BCUT2D eigenvalue weighted by molar-refractivity contribution is 7.71. The molecule has 0 amide bonds. The summed E-state index contributed by atoms with van der Waals surface area (Å²) in [5.41, 5.74) is 4.54. The van der Waals surface area contributed by atoms with Gasteiger partial charge in [0, 0.05) is 10.4 Å². The van der Waals surface area contributed by atoms with Crippen molar-refractivity contribution in [2.75, 3.05) is 0 Å². The van der Waals surface area contributed by atoms with Crippen molar-refractivity contribution < 1.29 is 0 Å². The topological polar surface area (TPSA) is 20.7 Å². The highest BCUT2D eigenvalue weighted by Gasteiger charge is 2.07. The molecule has 0 unspecified atom stereocenters. The fourth-order valence-corrected chi connectivity index (χ4v) is 3.66. The van der Waals surface area contributed by atoms with Crippen molar-refractivity contribution in [3.05, 3.63) is 58.2 Å². The van der Waals surface area contributed by atoms with Crippen LogP contribution in [0.1, 0.15) is 5.56 Å². The lowest BCUT2D eigenvalue weighted by Gasteiger charge is -2.05. The zero-order valence-corrected chi connectivity index (χ0v) is 12.5. The maximum atomic E-state index is 5.49. The minimum atomic E-state index is 0.736. The minimum Gasteiger partial charge on any atom is -0.330 e. The molecule has 0 aliphatic carbocycles. The molecule has 20 heavy (non-hydrogen) atoms. The van der Waals surface area contributed by atoms with Crippen LogP contribution in [-0.4, -0.2) is 9.55 Å². The van der Waals surface area contributed by atoms with Crippen molar-refractivity contribution in [1.29, 1.82) is 0 Å². The summed E-state index contributed by atoms with van der Waals surface area (Å²) < 4.78 is 4.14. The Bertz CT molecular complexity index is 988. The molecule has 1 N–H and O–H groups in total. The first-order valence-corrected chi connectivity index (χ1v) is 7.70. The Labute approximate surface area is 125 Å². The molecule has 2 heterocycles. The molecule has 98 valence electrons. The van der Waals surface area contributed by atoms with E-state index >= 15 is 0 Å². The molecule has 2 aromatic heterocycles. The average molecular weight is 296 g/mol. The lowest BCUT2D eigenvalue weighted by Crippen LogP contribution is -1.93. The van der Waals surface area contributed by atoms with Gasteiger partial charge in [0.1, 0.15) is 0 Å². The molecular weight excluding hydrogens is 284 g/mol. The number of aryl methyl sites for hydroxylation is 1. The van der Waals surface area contributed by atoms with Crippen molar-refractivity contribution in [3.8, 4) is 5.69 Å². The molecule has 0 saturated heterocycles. The zero-order chi connectivity index (χ0) is 13.7. The highest BCUT2D eigenvalue weighted by Crippen LogP contribution is 2.26. The van der Waals surface area contributed by atoms with Gasteiger partial charge >= 0.3 is 0 Å². The minimum absolute atomic E-state index is 0.736. The van der Waals surface area contributed by atoms with Crippen LogP contribution in [-0.2, 0) is 0 Å². The van der Waals surface area contributed by atoms with E-state index in [1.54, 1.807) is 11.3 Å². The maximum Gasteiger partial charge on any atom is 0.182 e. The second-order valence-corrected chi connectivity index (χ2v) is 6.26. The van der Waals surface area contributed by atoms with Crippen molar-refractivity contribution in [2.45, 2.75) is 6.92 Å². The van der Waals surface area contributed by atoms with Gasteiger partial charge in [0.25, 0.3) is 0 Å². The van der Waals surface area contributed by atoms with Gasteiger partial charge in [-0.25, -0.2) is 0 Å². The summed E-state index contributed by atoms with van der Waals surface area (Å²) in [5.74, 6) is 0. The average Bonchev–Trinajstić information content (AvgIpc) is 3.00. The van der Waals surface area contributed by atoms with Gasteiger partial charge in [-0.05, 0) is 71.9 Å². The van der Waals surface area contributed by atoms with E-state index in [0.717, 1.165) is 21.5 Å². The van der Waals surface area contributed by atoms with Crippen LogP contribution in [0.3, 0.4) is 0 Å². The Kier molecular flexibility index (Phi) is 2.55. The molecule has 0 spiro atoms. The first kappa shape index (κ1) is 11.9. The number of aromatic nitrogens is 2. The molecule has 0 aliphatic rings. The van der Waals surface area contributed by atoms with Crippen molar-refractivity contribution >= 4 is 44.7 Å². The molecule has 4 aromatic rings. The summed E-state index contributed by atoms with van der Waals surface area (Å²) in [6.45, 7) is 2.09. The number of rotatable bonds is 1. The van der Waals surface area contributed by atoms with Crippen LogP contribution in [0.25, 0.3) is 26.8 Å². The van der Waals surface area contributed by atoms with E-state index in [1.165, 1.54) is 15.6 Å². The maximum absolute atomic E-state index is 5.49. The standard InChI is InChI=1S/C16H12N2S2/c1-10-2-4-14-13(8-10)17-16(19)18(14)12-3-5-15-11(9-12)6-7-20-15/h2-9H,1H3,(H,17,19). The summed E-state index contributed by atoms with van der Waals surface area (Å²) in [5, 5.41) is 3.38. The van der Waals surface area contributed by atoms with E-state index < -0.39 is 0 Å². The Morgan fingerprint density at radius 3 is 2.90 bits per heavy atom. The van der Waals surface area contributed by atoms with E-state index in [4.69, 9.17) is 12.2 Å². The lowest BCUT2D eigenvalue weighted by molar-refractivity contribution is 1.07. The number of nitrogens with one attached hydrogen (secondary N) is 1. The Hall–Kier alpha value is -1.91. The third-order valence-corrected chi connectivity index (χ3v) is 4.71. The van der Waals surface area contributed by atoms with E-state index in [-0.39, 0.29) is 0 Å². The van der Waals surface area contributed by atoms with Crippen LogP contribution >= 0.6 is 23.6 Å². The van der Waals surface area contributed by atoms with Gasteiger partial charge in [0.05, 0.1) is 11.0 Å². The van der Waals surface area contributed by atoms with Gasteiger partial charge in [0.15, 0.2) is 4.77 Å². The van der Waals surface area contributed by atoms with Crippen LogP contribution < -0.4 is 0 Å². The Balaban J connectivity index is 2.05. The lowest BCUT2D eigenvalue weighted by atomic mass is 10.2. The molecule has 0 bridgehead atoms. The molecule has 0 radical (unpaired) electrons. The second kappa shape index (κ2) is 4.30. The Morgan fingerprint density at radius 2 is 2.00 bits per heavy atom. The van der Waals surface area contributed by atoms with Crippen molar-refractivity contribution in [2.24, 2.45) is 0 Å². The molecule has 4 heteroatoms. The molecule has 0 fully saturated rings. The van der Waals surface area contributed by atoms with E-state index in [2.05, 4.69) is 64.3 Å². The van der Waals surface area contributed by atoms with Crippen LogP contribution in [0.15, 0.2) is 47.8 Å². The van der Waals surface area contributed by atoms with Gasteiger partial charge in [-0.2, -0.15) is 0 Å². The van der Waals surface area contributed by atoms with Crippen molar-refractivity contribution in [3.63, 3.8) is 0 Å². The van der Waals surface area contributed by atoms with Gasteiger partial charge in [-0.15, -0.1) is 11.3 Å². The third kappa shape index (κ3) is 1.72. The number of imidazole rings is 1. The number of aromatic amines is 1. The molecule has 2 nitrogen and oxygen atoms in total. The predicted molar refractivity (Wildman–Crippen MR) is 88.6 cm³/mol. The first-order valence-electron chi connectivity index (χ1n) is 6.41. The fourth-order valence-electron chi connectivity index (χ4n) is 2.57. The number of hydrogen-bond donors (Lipinski definition) is 1. The van der Waals surface area contributed by atoms with E-state index in [9.17, 15) is 0 Å². The normalized spacial score (nSPS) is 11.4. The predicted octanol–water partition coefficient (Wildman–Crippen LogP) is 5.21. The second-order valence-electron chi connectivity index (χ2n) is 4.93. The number of fused-ring (bicyclic) bond motifs is 2. The van der Waals surface area contributed by atoms with Gasteiger partial charge in [-0.1, -0.05) is 6.07 Å². The highest BCUT2D eigenvalue weighted by atomic mass is 32.1. The number of nitrogens with zero attached hydrogens (tertiary/aromatic N) is 1. The molecule has 0 atom stereocenters.